The van der Waals surface area contributed by atoms with E-state index in [-0.39, 0.29) is 16.9 Å². The molecule has 0 radical (unpaired) electrons. The van der Waals surface area contributed by atoms with Gasteiger partial charge in [0, 0.05) is 16.6 Å². The van der Waals surface area contributed by atoms with Gasteiger partial charge in [-0.25, -0.2) is 8.42 Å². The Morgan fingerprint density at radius 1 is 1.09 bits per heavy atom. The lowest BCUT2D eigenvalue weighted by molar-refractivity contribution is 0.406. The minimum Gasteiger partial charge on any atom is -0.497 e. The quantitative estimate of drug-likeness (QED) is 0.421. The summed E-state index contributed by atoms with van der Waals surface area (Å²) in [6, 6.07) is 18.7. The summed E-state index contributed by atoms with van der Waals surface area (Å²) in [6.45, 7) is 1.80. The van der Waals surface area contributed by atoms with Gasteiger partial charge in [-0.05, 0) is 78.4 Å². The monoisotopic (exact) mass is 480 g/mol. The first kappa shape index (κ1) is 21.9. The maximum absolute atomic E-state index is 13.2. The fraction of sp³-hybridized carbons (Fsp3) is 0.231. The first-order valence-corrected chi connectivity index (χ1v) is 12.7. The zero-order chi connectivity index (χ0) is 23.2. The molecule has 3 aromatic carbocycles. The Morgan fingerprint density at radius 2 is 1.91 bits per heavy atom. The molecule has 170 valence electrons. The van der Waals surface area contributed by atoms with Crippen LogP contribution in [0.2, 0.25) is 5.02 Å². The molecule has 3 aromatic rings. The van der Waals surface area contributed by atoms with E-state index in [1.807, 2.05) is 18.2 Å². The van der Waals surface area contributed by atoms with Crippen molar-refractivity contribution in [3.05, 3.63) is 94.5 Å². The van der Waals surface area contributed by atoms with E-state index >= 15 is 0 Å². The second-order valence-electron chi connectivity index (χ2n) is 8.52. The van der Waals surface area contributed by atoms with Gasteiger partial charge < -0.3 is 10.1 Å². The summed E-state index contributed by atoms with van der Waals surface area (Å²) >= 11 is 6.17. The number of fused-ring (bicyclic) bond motifs is 3. The summed E-state index contributed by atoms with van der Waals surface area (Å²) in [6.07, 6.45) is 5.31. The average molecular weight is 481 g/mol. The first-order valence-electron chi connectivity index (χ1n) is 10.9. The largest absolute Gasteiger partial charge is 0.497 e. The topological polar surface area (TPSA) is 67.4 Å². The Labute approximate surface area is 199 Å². The highest BCUT2D eigenvalue weighted by atomic mass is 35.5. The molecule has 5 rings (SSSR count). The molecule has 5 nitrogen and oxygen atoms in total. The number of hydrogen-bond acceptors (Lipinski definition) is 4. The predicted octanol–water partition coefficient (Wildman–Crippen LogP) is 6.28. The molecule has 0 amide bonds. The number of halogens is 1. The first-order chi connectivity index (χ1) is 15.9. The number of sulfonamides is 1. The molecule has 0 saturated heterocycles. The van der Waals surface area contributed by atoms with Gasteiger partial charge in [-0.15, -0.1) is 0 Å². The van der Waals surface area contributed by atoms with E-state index in [2.05, 4.69) is 34.3 Å². The van der Waals surface area contributed by atoms with E-state index in [9.17, 15) is 8.42 Å². The minimum absolute atomic E-state index is 0.113. The predicted molar refractivity (Wildman–Crippen MR) is 133 cm³/mol. The molecule has 0 saturated carbocycles. The highest BCUT2D eigenvalue weighted by molar-refractivity contribution is 7.92. The van der Waals surface area contributed by atoms with Crippen molar-refractivity contribution in [3.63, 3.8) is 0 Å². The van der Waals surface area contributed by atoms with Gasteiger partial charge in [0.2, 0.25) is 0 Å². The van der Waals surface area contributed by atoms with Crippen LogP contribution in [0.4, 0.5) is 11.4 Å². The van der Waals surface area contributed by atoms with Crippen molar-refractivity contribution in [2.45, 2.75) is 30.2 Å². The number of hydrogen-bond donors (Lipinski definition) is 2. The summed E-state index contributed by atoms with van der Waals surface area (Å²) in [4.78, 5) is 0.237. The molecule has 0 aromatic heterocycles. The fourth-order valence-electron chi connectivity index (χ4n) is 4.83. The van der Waals surface area contributed by atoms with Crippen LogP contribution in [0.5, 0.6) is 5.75 Å². The third kappa shape index (κ3) is 3.98. The second-order valence-corrected chi connectivity index (χ2v) is 10.6. The number of ether oxygens (including phenoxy) is 1. The standard InChI is InChI=1S/C26H25ClN2O3S/c1-16-23(27)10-5-11-24(16)29-33(30,31)19-12-13-25-22(15-19)20-8-4-9-21(20)26(28-25)17-6-3-7-18(14-17)32-2/h3-8,10-15,20-21,26,28-29H,9H2,1-2H3/t20-,21+,26+/m0/s1. The van der Waals surface area contributed by atoms with Crippen LogP contribution in [0.1, 0.15) is 35.1 Å². The van der Waals surface area contributed by atoms with Gasteiger partial charge in [0.25, 0.3) is 10.0 Å². The Morgan fingerprint density at radius 3 is 2.73 bits per heavy atom. The van der Waals surface area contributed by atoms with Gasteiger partial charge in [0.05, 0.1) is 23.7 Å². The molecule has 0 spiro atoms. The molecule has 2 N–H and O–H groups in total. The molecule has 0 fully saturated rings. The summed E-state index contributed by atoms with van der Waals surface area (Å²) in [5.74, 6) is 1.26. The van der Waals surface area contributed by atoms with Gasteiger partial charge in [-0.3, -0.25) is 4.72 Å². The molecule has 0 unspecified atom stereocenters. The average Bonchev–Trinajstić information content (AvgIpc) is 3.31. The number of methoxy groups -OCH3 is 1. The van der Waals surface area contributed by atoms with Crippen molar-refractivity contribution in [1.29, 1.82) is 0 Å². The van der Waals surface area contributed by atoms with Gasteiger partial charge in [-0.1, -0.05) is 42.0 Å². The lowest BCUT2D eigenvalue weighted by Crippen LogP contribution is -2.29. The smallest absolute Gasteiger partial charge is 0.261 e. The van der Waals surface area contributed by atoms with Crippen LogP contribution >= 0.6 is 11.6 Å². The van der Waals surface area contributed by atoms with Gasteiger partial charge in [0.15, 0.2) is 0 Å². The normalized spacial score (nSPS) is 21.1. The van der Waals surface area contributed by atoms with E-state index in [4.69, 9.17) is 16.3 Å². The molecule has 7 heteroatoms. The Balaban J connectivity index is 1.49. The van der Waals surface area contributed by atoms with Crippen LogP contribution in [0.25, 0.3) is 0 Å². The molecule has 3 atom stereocenters. The van der Waals surface area contributed by atoms with Crippen molar-refractivity contribution >= 4 is 33.0 Å². The molecule has 1 aliphatic carbocycles. The van der Waals surface area contributed by atoms with E-state index < -0.39 is 10.0 Å². The summed E-state index contributed by atoms with van der Waals surface area (Å²) in [5, 5.41) is 4.17. The van der Waals surface area contributed by atoms with Crippen molar-refractivity contribution in [3.8, 4) is 5.75 Å². The lowest BCUT2D eigenvalue weighted by atomic mass is 9.77. The Kier molecular flexibility index (Phi) is 5.59. The maximum atomic E-state index is 13.2. The fourth-order valence-corrected chi connectivity index (χ4v) is 6.16. The number of rotatable bonds is 5. The molecule has 1 heterocycles. The van der Waals surface area contributed by atoms with Gasteiger partial charge in [-0.2, -0.15) is 0 Å². The molecule has 0 bridgehead atoms. The highest BCUT2D eigenvalue weighted by Gasteiger charge is 2.38. The third-order valence-electron chi connectivity index (χ3n) is 6.61. The highest BCUT2D eigenvalue weighted by Crippen LogP contribution is 2.50. The number of allylic oxidation sites excluding steroid dienone is 2. The van der Waals surface area contributed by atoms with Crippen LogP contribution in [0.3, 0.4) is 0 Å². The summed E-state index contributed by atoms with van der Waals surface area (Å²) in [7, 11) is -2.10. The molecular formula is C26H25ClN2O3S. The molecule has 33 heavy (non-hydrogen) atoms. The van der Waals surface area contributed by atoms with E-state index in [0.29, 0.717) is 22.2 Å². The van der Waals surface area contributed by atoms with E-state index in [0.717, 1.165) is 29.0 Å². The van der Waals surface area contributed by atoms with Crippen LogP contribution in [0, 0.1) is 12.8 Å². The number of anilines is 2. The van der Waals surface area contributed by atoms with Crippen LogP contribution in [-0.4, -0.2) is 15.5 Å². The summed E-state index contributed by atoms with van der Waals surface area (Å²) < 4.78 is 34.5. The van der Waals surface area contributed by atoms with Gasteiger partial charge in [0.1, 0.15) is 5.75 Å². The number of nitrogens with one attached hydrogen (secondary N) is 2. The van der Waals surface area contributed by atoms with Gasteiger partial charge >= 0.3 is 0 Å². The van der Waals surface area contributed by atoms with Crippen molar-refractivity contribution in [2.75, 3.05) is 17.1 Å². The van der Waals surface area contributed by atoms with Crippen LogP contribution in [0.15, 0.2) is 77.7 Å². The second kappa shape index (κ2) is 8.43. The summed E-state index contributed by atoms with van der Waals surface area (Å²) in [5.41, 5.74) is 4.29. The third-order valence-corrected chi connectivity index (χ3v) is 8.38. The maximum Gasteiger partial charge on any atom is 0.261 e. The molecule has 2 aliphatic rings. The van der Waals surface area contributed by atoms with Crippen LogP contribution < -0.4 is 14.8 Å². The molecule has 1 aliphatic heterocycles. The van der Waals surface area contributed by atoms with Crippen molar-refractivity contribution in [2.24, 2.45) is 5.92 Å². The Bertz CT molecular complexity index is 1350. The lowest BCUT2D eigenvalue weighted by Gasteiger charge is -2.37. The van der Waals surface area contributed by atoms with Crippen molar-refractivity contribution < 1.29 is 13.2 Å². The SMILES string of the molecule is COc1cccc([C@H]2Nc3ccc(S(=O)(=O)Nc4cccc(Cl)c4C)cc3[C@H]3C=CC[C@H]32)c1. The van der Waals surface area contributed by atoms with E-state index in [1.165, 1.54) is 0 Å². The zero-order valence-corrected chi connectivity index (χ0v) is 20.0. The minimum atomic E-state index is -3.77. The van der Waals surface area contributed by atoms with Crippen LogP contribution in [-0.2, 0) is 10.0 Å². The van der Waals surface area contributed by atoms with Crippen molar-refractivity contribution in [1.82, 2.24) is 0 Å². The number of benzene rings is 3. The zero-order valence-electron chi connectivity index (χ0n) is 18.4. The van der Waals surface area contributed by atoms with E-state index in [1.54, 1.807) is 44.4 Å². The Hall–Kier alpha value is -2.96. The molecular weight excluding hydrogens is 456 g/mol.